The van der Waals surface area contributed by atoms with Crippen LogP contribution in [0.4, 0.5) is 5.82 Å². The molecule has 7 heteroatoms. The van der Waals surface area contributed by atoms with Gasteiger partial charge in [-0.25, -0.2) is 9.97 Å². The van der Waals surface area contributed by atoms with Gasteiger partial charge in [-0.1, -0.05) is 12.1 Å². The maximum absolute atomic E-state index is 12.5. The van der Waals surface area contributed by atoms with Crippen molar-refractivity contribution in [1.82, 2.24) is 20.2 Å². The summed E-state index contributed by atoms with van der Waals surface area (Å²) < 4.78 is 5.13. The highest BCUT2D eigenvalue weighted by atomic mass is 16.5. The molecule has 1 unspecified atom stereocenters. The number of amides is 1. The molecule has 1 aliphatic heterocycles. The molecule has 1 atom stereocenters. The van der Waals surface area contributed by atoms with Gasteiger partial charge in [-0.05, 0) is 31.0 Å². The van der Waals surface area contributed by atoms with Crippen molar-refractivity contribution in [1.29, 1.82) is 0 Å². The number of nitrogens with one attached hydrogen (secondary N) is 1. The van der Waals surface area contributed by atoms with E-state index < -0.39 is 0 Å². The van der Waals surface area contributed by atoms with Crippen LogP contribution in [0.5, 0.6) is 0 Å². The summed E-state index contributed by atoms with van der Waals surface area (Å²) >= 11 is 0. The third kappa shape index (κ3) is 5.27. The van der Waals surface area contributed by atoms with E-state index >= 15 is 0 Å². The molecule has 1 amide bonds. The standard InChI is InChI=1S/C21H29N5O2/c1-25(2)20-12-19(23-15-24-20)17-4-6-18(7-5-17)21(27)22-13-16-8-9-26(14-16)10-11-28-3/h4-7,12,15-16H,8-11,13-14H2,1-3H3,(H,22,27). The number of aromatic nitrogens is 2. The fraction of sp³-hybridized carbons (Fsp3) is 0.476. The van der Waals surface area contributed by atoms with E-state index in [1.807, 2.05) is 49.3 Å². The Balaban J connectivity index is 1.53. The predicted molar refractivity (Wildman–Crippen MR) is 111 cm³/mol. The van der Waals surface area contributed by atoms with Crippen LogP contribution in [0.3, 0.4) is 0 Å². The molecule has 2 aromatic rings. The van der Waals surface area contributed by atoms with E-state index in [1.165, 1.54) is 0 Å². The van der Waals surface area contributed by atoms with E-state index in [0.29, 0.717) is 18.0 Å². The summed E-state index contributed by atoms with van der Waals surface area (Å²) in [6.45, 7) is 4.52. The van der Waals surface area contributed by atoms with Gasteiger partial charge in [-0.15, -0.1) is 0 Å². The number of hydrogen-bond acceptors (Lipinski definition) is 6. The largest absolute Gasteiger partial charge is 0.383 e. The van der Waals surface area contributed by atoms with E-state index in [4.69, 9.17) is 4.74 Å². The molecule has 0 spiro atoms. The van der Waals surface area contributed by atoms with Gasteiger partial charge in [0.25, 0.3) is 5.91 Å². The van der Waals surface area contributed by atoms with Crippen LogP contribution in [0.15, 0.2) is 36.7 Å². The third-order valence-electron chi connectivity index (χ3n) is 5.09. The maximum Gasteiger partial charge on any atom is 0.251 e. The van der Waals surface area contributed by atoms with Gasteiger partial charge in [0.2, 0.25) is 0 Å². The topological polar surface area (TPSA) is 70.6 Å². The zero-order valence-electron chi connectivity index (χ0n) is 16.9. The maximum atomic E-state index is 12.5. The Morgan fingerprint density at radius 1 is 1.29 bits per heavy atom. The summed E-state index contributed by atoms with van der Waals surface area (Å²) in [7, 11) is 5.62. The number of ether oxygens (including phenoxy) is 1. The number of likely N-dealkylation sites (tertiary alicyclic amines) is 1. The Kier molecular flexibility index (Phi) is 6.95. The molecule has 28 heavy (non-hydrogen) atoms. The molecule has 0 bridgehead atoms. The molecule has 7 nitrogen and oxygen atoms in total. The molecule has 1 aromatic carbocycles. The van der Waals surface area contributed by atoms with Gasteiger partial charge in [0.05, 0.1) is 12.3 Å². The average molecular weight is 383 g/mol. The number of nitrogens with zero attached hydrogens (tertiary/aromatic N) is 4. The lowest BCUT2D eigenvalue weighted by molar-refractivity contribution is 0.0946. The monoisotopic (exact) mass is 383 g/mol. The Morgan fingerprint density at radius 2 is 2.07 bits per heavy atom. The van der Waals surface area contributed by atoms with Crippen LogP contribution in [0, 0.1) is 5.92 Å². The minimum Gasteiger partial charge on any atom is -0.383 e. The first-order chi connectivity index (χ1) is 13.6. The van der Waals surface area contributed by atoms with Gasteiger partial charge in [0, 0.05) is 58.0 Å². The van der Waals surface area contributed by atoms with Gasteiger partial charge in [0.15, 0.2) is 0 Å². The molecule has 1 fully saturated rings. The average Bonchev–Trinajstić information content (AvgIpc) is 3.18. The van der Waals surface area contributed by atoms with Crippen LogP contribution in [-0.4, -0.2) is 74.8 Å². The molecule has 1 aliphatic rings. The summed E-state index contributed by atoms with van der Waals surface area (Å²) in [5.41, 5.74) is 2.47. The van der Waals surface area contributed by atoms with E-state index in [-0.39, 0.29) is 5.91 Å². The summed E-state index contributed by atoms with van der Waals surface area (Å²) in [5.74, 6) is 1.33. The second kappa shape index (κ2) is 9.61. The number of anilines is 1. The van der Waals surface area contributed by atoms with E-state index in [9.17, 15) is 4.79 Å². The first kappa shape index (κ1) is 20.2. The van der Waals surface area contributed by atoms with Crippen LogP contribution < -0.4 is 10.2 Å². The highest BCUT2D eigenvalue weighted by molar-refractivity contribution is 5.94. The number of hydrogen-bond donors (Lipinski definition) is 1. The van der Waals surface area contributed by atoms with Gasteiger partial charge >= 0.3 is 0 Å². The molecule has 2 heterocycles. The lowest BCUT2D eigenvalue weighted by Gasteiger charge is -2.15. The summed E-state index contributed by atoms with van der Waals surface area (Å²) in [6, 6.07) is 9.49. The summed E-state index contributed by atoms with van der Waals surface area (Å²) in [6.07, 6.45) is 2.67. The quantitative estimate of drug-likeness (QED) is 0.751. The predicted octanol–water partition coefficient (Wildman–Crippen LogP) is 1.91. The molecule has 1 aromatic heterocycles. The molecule has 3 rings (SSSR count). The van der Waals surface area contributed by atoms with Crippen LogP contribution >= 0.6 is 0 Å². The molecule has 150 valence electrons. The Morgan fingerprint density at radius 3 is 2.79 bits per heavy atom. The van der Waals surface area contributed by atoms with Crippen LogP contribution in [0.1, 0.15) is 16.8 Å². The Hall–Kier alpha value is -2.51. The lowest BCUT2D eigenvalue weighted by atomic mass is 10.1. The minimum atomic E-state index is -0.0291. The van der Waals surface area contributed by atoms with Crippen molar-refractivity contribution >= 4 is 11.7 Å². The Bertz CT molecular complexity index is 779. The normalized spacial score (nSPS) is 16.9. The summed E-state index contributed by atoms with van der Waals surface area (Å²) in [5, 5.41) is 3.07. The number of rotatable bonds is 8. The molecule has 0 radical (unpaired) electrons. The molecule has 1 N–H and O–H groups in total. The second-order valence-corrected chi connectivity index (χ2v) is 7.39. The van der Waals surface area contributed by atoms with Crippen molar-refractivity contribution < 1.29 is 9.53 Å². The zero-order chi connectivity index (χ0) is 19.9. The van der Waals surface area contributed by atoms with Crippen LogP contribution in [0.25, 0.3) is 11.3 Å². The third-order valence-corrected chi connectivity index (χ3v) is 5.09. The molecular formula is C21H29N5O2. The highest BCUT2D eigenvalue weighted by Crippen LogP contribution is 2.20. The van der Waals surface area contributed by atoms with Gasteiger partial charge < -0.3 is 19.9 Å². The fourth-order valence-electron chi connectivity index (χ4n) is 3.38. The van der Waals surface area contributed by atoms with Crippen molar-refractivity contribution in [3.05, 3.63) is 42.2 Å². The zero-order valence-corrected chi connectivity index (χ0v) is 16.9. The SMILES string of the molecule is COCCN1CCC(CNC(=O)c2ccc(-c3cc(N(C)C)ncn3)cc2)C1. The fourth-order valence-corrected chi connectivity index (χ4v) is 3.38. The molecular weight excluding hydrogens is 354 g/mol. The van der Waals surface area contributed by atoms with E-state index in [2.05, 4.69) is 20.2 Å². The van der Waals surface area contributed by atoms with E-state index in [0.717, 1.165) is 49.7 Å². The highest BCUT2D eigenvalue weighted by Gasteiger charge is 2.22. The number of benzene rings is 1. The molecule has 1 saturated heterocycles. The van der Waals surface area contributed by atoms with Crippen LogP contribution in [-0.2, 0) is 4.74 Å². The number of methoxy groups -OCH3 is 1. The molecule has 0 aliphatic carbocycles. The van der Waals surface area contributed by atoms with Crippen LogP contribution in [0.2, 0.25) is 0 Å². The Labute approximate surface area is 166 Å². The second-order valence-electron chi connectivity index (χ2n) is 7.39. The lowest BCUT2D eigenvalue weighted by Crippen LogP contribution is -2.31. The summed E-state index contributed by atoms with van der Waals surface area (Å²) in [4.78, 5) is 25.4. The number of carbonyl (C=O) groups is 1. The minimum absolute atomic E-state index is 0.0291. The first-order valence-electron chi connectivity index (χ1n) is 9.66. The van der Waals surface area contributed by atoms with Crippen molar-refractivity contribution in [2.75, 3.05) is 58.9 Å². The smallest absolute Gasteiger partial charge is 0.251 e. The van der Waals surface area contributed by atoms with Gasteiger partial charge in [0.1, 0.15) is 12.1 Å². The van der Waals surface area contributed by atoms with Crippen molar-refractivity contribution in [2.45, 2.75) is 6.42 Å². The van der Waals surface area contributed by atoms with Gasteiger partial charge in [-0.3, -0.25) is 4.79 Å². The van der Waals surface area contributed by atoms with Crippen molar-refractivity contribution in [3.63, 3.8) is 0 Å². The number of carbonyl (C=O) groups excluding carboxylic acids is 1. The van der Waals surface area contributed by atoms with Crippen molar-refractivity contribution in [2.24, 2.45) is 5.92 Å². The first-order valence-corrected chi connectivity index (χ1v) is 9.66. The van der Waals surface area contributed by atoms with Gasteiger partial charge in [-0.2, -0.15) is 0 Å². The van der Waals surface area contributed by atoms with Crippen molar-refractivity contribution in [3.8, 4) is 11.3 Å². The van der Waals surface area contributed by atoms with E-state index in [1.54, 1.807) is 13.4 Å². The molecule has 0 saturated carbocycles.